The summed E-state index contributed by atoms with van der Waals surface area (Å²) in [6.45, 7) is 5.31. The fraction of sp³-hybridized carbons (Fsp3) is 0.455. The van der Waals surface area contributed by atoms with Crippen LogP contribution >= 0.6 is 11.8 Å². The van der Waals surface area contributed by atoms with E-state index in [1.54, 1.807) is 19.9 Å². The number of carbonyl (C=O) groups excluding carboxylic acids is 3. The fourth-order valence-corrected chi connectivity index (χ4v) is 4.39. The number of amides is 1. The molecule has 0 bridgehead atoms. The maximum Gasteiger partial charge on any atom is 0.336 e. The lowest BCUT2D eigenvalue weighted by Crippen LogP contribution is -2.36. The lowest BCUT2D eigenvalue weighted by atomic mass is 9.75. The zero-order chi connectivity index (χ0) is 24.5. The van der Waals surface area contributed by atoms with Gasteiger partial charge in [-0.15, -0.1) is 0 Å². The number of thioether (sulfide) groups is 1. The monoisotopic (exact) mass is 477 g/mol. The van der Waals surface area contributed by atoms with Crippen molar-refractivity contribution >= 4 is 41.0 Å². The second kappa shape index (κ2) is 12.1. The maximum absolute atomic E-state index is 13.1. The van der Waals surface area contributed by atoms with Gasteiger partial charge in [0.15, 0.2) is 0 Å². The highest BCUT2D eigenvalue weighted by Crippen LogP contribution is 2.41. The molecule has 0 saturated heterocycles. The Morgan fingerprint density at radius 2 is 2.03 bits per heavy atom. The Hall–Kier alpha value is -3.21. The van der Waals surface area contributed by atoms with Gasteiger partial charge in [-0.2, -0.15) is 11.8 Å². The van der Waals surface area contributed by atoms with Crippen LogP contribution in [0.3, 0.4) is 0 Å². The van der Waals surface area contributed by atoms with Crippen molar-refractivity contribution in [3.05, 3.63) is 51.2 Å². The van der Waals surface area contributed by atoms with Gasteiger partial charge in [-0.05, 0) is 19.4 Å². The van der Waals surface area contributed by atoms with Crippen LogP contribution in [0.4, 0.5) is 5.69 Å². The van der Waals surface area contributed by atoms with E-state index in [4.69, 9.17) is 9.47 Å². The number of hydrogen-bond acceptors (Lipinski definition) is 9. The number of hydrogen-bond donors (Lipinski definition) is 1. The molecule has 0 aromatic heterocycles. The lowest BCUT2D eigenvalue weighted by molar-refractivity contribution is -0.384. The number of rotatable bonds is 10. The van der Waals surface area contributed by atoms with Crippen LogP contribution in [0.15, 0.2) is 40.5 Å². The van der Waals surface area contributed by atoms with Crippen molar-refractivity contribution in [2.75, 3.05) is 31.8 Å². The summed E-state index contributed by atoms with van der Waals surface area (Å²) in [6.07, 6.45) is 0. The molecule has 2 atom stereocenters. The molecule has 0 radical (unpaired) electrons. The SMILES string of the molecule is CCOC(=O)C1=C(CSCCNC(C)=O)N=C(C)C(C(=O)OC)C1c1cccc([N+](=O)[O-])c1. The van der Waals surface area contributed by atoms with Gasteiger partial charge in [-0.1, -0.05) is 12.1 Å². The zero-order valence-corrected chi connectivity index (χ0v) is 19.8. The van der Waals surface area contributed by atoms with Crippen molar-refractivity contribution in [1.29, 1.82) is 0 Å². The number of non-ortho nitro benzene ring substituents is 1. The molecule has 33 heavy (non-hydrogen) atoms. The van der Waals surface area contributed by atoms with Crippen LogP contribution in [0, 0.1) is 16.0 Å². The molecule has 11 heteroatoms. The molecule has 2 rings (SSSR count). The Morgan fingerprint density at radius 3 is 2.64 bits per heavy atom. The van der Waals surface area contributed by atoms with E-state index in [9.17, 15) is 24.5 Å². The molecule has 178 valence electrons. The van der Waals surface area contributed by atoms with Gasteiger partial charge in [0, 0.05) is 48.7 Å². The molecular formula is C22H27N3O7S. The summed E-state index contributed by atoms with van der Waals surface area (Å²) in [5.74, 6) is -2.28. The number of nitrogens with zero attached hydrogens (tertiary/aromatic N) is 2. The minimum absolute atomic E-state index is 0.110. The number of carbonyl (C=O) groups is 3. The highest BCUT2D eigenvalue weighted by molar-refractivity contribution is 7.99. The maximum atomic E-state index is 13.1. The van der Waals surface area contributed by atoms with Crippen molar-refractivity contribution in [2.45, 2.75) is 26.7 Å². The Morgan fingerprint density at radius 1 is 1.30 bits per heavy atom. The van der Waals surface area contributed by atoms with Crippen LogP contribution in [0.25, 0.3) is 0 Å². The highest BCUT2D eigenvalue weighted by atomic mass is 32.2. The predicted octanol–water partition coefficient (Wildman–Crippen LogP) is 2.63. The second-order valence-electron chi connectivity index (χ2n) is 7.20. The molecule has 0 aliphatic carbocycles. The fourth-order valence-electron chi connectivity index (χ4n) is 3.59. The second-order valence-corrected chi connectivity index (χ2v) is 8.31. The number of aliphatic imine (C=N–C) groups is 1. The number of nitro benzene ring substituents is 1. The van der Waals surface area contributed by atoms with Gasteiger partial charge in [0.25, 0.3) is 5.69 Å². The molecule has 10 nitrogen and oxygen atoms in total. The Labute approximate surface area is 196 Å². The van der Waals surface area contributed by atoms with Crippen LogP contribution in [0.1, 0.15) is 32.3 Å². The molecule has 1 aliphatic heterocycles. The van der Waals surface area contributed by atoms with E-state index < -0.39 is 28.7 Å². The summed E-state index contributed by atoms with van der Waals surface area (Å²) in [5.41, 5.74) is 1.29. The van der Waals surface area contributed by atoms with E-state index in [2.05, 4.69) is 10.3 Å². The van der Waals surface area contributed by atoms with Gasteiger partial charge in [-0.25, -0.2) is 4.79 Å². The van der Waals surface area contributed by atoms with Crippen molar-refractivity contribution in [3.8, 4) is 0 Å². The summed E-state index contributed by atoms with van der Waals surface area (Å²) in [6, 6.07) is 5.83. The highest BCUT2D eigenvalue weighted by Gasteiger charge is 2.43. The smallest absolute Gasteiger partial charge is 0.336 e. The van der Waals surface area contributed by atoms with E-state index in [-0.39, 0.29) is 23.8 Å². The van der Waals surface area contributed by atoms with Crippen LogP contribution in [-0.2, 0) is 23.9 Å². The van der Waals surface area contributed by atoms with Crippen LogP contribution < -0.4 is 5.32 Å². The number of nitro groups is 1. The third-order valence-corrected chi connectivity index (χ3v) is 5.94. The minimum Gasteiger partial charge on any atom is -0.468 e. The molecule has 2 unspecified atom stereocenters. The van der Waals surface area contributed by atoms with Gasteiger partial charge < -0.3 is 14.8 Å². The summed E-state index contributed by atoms with van der Waals surface area (Å²) in [7, 11) is 1.24. The number of esters is 2. The zero-order valence-electron chi connectivity index (χ0n) is 19.0. The topological polar surface area (TPSA) is 137 Å². The number of nitrogens with one attached hydrogen (secondary N) is 1. The van der Waals surface area contributed by atoms with Crippen LogP contribution in [0.5, 0.6) is 0 Å². The minimum atomic E-state index is -0.940. The van der Waals surface area contributed by atoms with E-state index in [0.717, 1.165) is 0 Å². The Kier molecular flexibility index (Phi) is 9.58. The van der Waals surface area contributed by atoms with Crippen molar-refractivity contribution in [3.63, 3.8) is 0 Å². The standard InChI is InChI=1S/C22H27N3O7S/c1-5-32-22(28)20-17(12-33-10-9-23-14(3)26)24-13(2)18(21(27)31-4)19(20)15-7-6-8-16(11-15)25(29)30/h6-8,11,18-19H,5,9-10,12H2,1-4H3,(H,23,26). The van der Waals surface area contributed by atoms with Crippen LogP contribution in [0.2, 0.25) is 0 Å². The molecular weight excluding hydrogens is 450 g/mol. The van der Waals surface area contributed by atoms with Crippen molar-refractivity contribution in [2.24, 2.45) is 10.9 Å². The first-order valence-corrected chi connectivity index (χ1v) is 11.5. The predicted molar refractivity (Wildman–Crippen MR) is 124 cm³/mol. The van der Waals surface area contributed by atoms with Gasteiger partial charge >= 0.3 is 11.9 Å². The molecule has 0 fully saturated rings. The van der Waals surface area contributed by atoms with Gasteiger partial charge in [0.1, 0.15) is 5.92 Å². The van der Waals surface area contributed by atoms with E-state index in [0.29, 0.717) is 35.0 Å². The summed E-state index contributed by atoms with van der Waals surface area (Å²) >= 11 is 1.45. The molecule has 1 aromatic rings. The van der Waals surface area contributed by atoms with E-state index in [1.165, 1.54) is 44.0 Å². The molecule has 1 aliphatic rings. The first kappa shape index (κ1) is 26.0. The number of benzene rings is 1. The summed E-state index contributed by atoms with van der Waals surface area (Å²) < 4.78 is 10.3. The first-order valence-electron chi connectivity index (χ1n) is 10.3. The average molecular weight is 478 g/mol. The summed E-state index contributed by atoms with van der Waals surface area (Å²) in [4.78, 5) is 52.2. The normalized spacial score (nSPS) is 17.8. The van der Waals surface area contributed by atoms with Gasteiger partial charge in [0.05, 0.1) is 29.9 Å². The van der Waals surface area contributed by atoms with E-state index >= 15 is 0 Å². The number of methoxy groups -OCH3 is 1. The van der Waals surface area contributed by atoms with Gasteiger partial charge in [0.2, 0.25) is 5.91 Å². The summed E-state index contributed by atoms with van der Waals surface area (Å²) in [5, 5.41) is 14.1. The lowest BCUT2D eigenvalue weighted by Gasteiger charge is -2.31. The quantitative estimate of drug-likeness (QED) is 0.235. The first-order chi connectivity index (χ1) is 15.7. The van der Waals surface area contributed by atoms with E-state index in [1.807, 2.05) is 0 Å². The Bertz CT molecular complexity index is 990. The largest absolute Gasteiger partial charge is 0.468 e. The van der Waals surface area contributed by atoms with Gasteiger partial charge in [-0.3, -0.25) is 24.7 Å². The number of ether oxygens (including phenoxy) is 2. The van der Waals surface area contributed by atoms with Crippen LogP contribution in [-0.4, -0.2) is 60.2 Å². The average Bonchev–Trinajstić information content (AvgIpc) is 2.77. The molecule has 1 aromatic carbocycles. The molecule has 1 heterocycles. The molecule has 0 saturated carbocycles. The van der Waals surface area contributed by atoms with Crippen molar-refractivity contribution in [1.82, 2.24) is 5.32 Å². The molecule has 1 N–H and O–H groups in total. The third kappa shape index (κ3) is 6.64. The van der Waals surface area contributed by atoms with Crippen molar-refractivity contribution < 1.29 is 28.8 Å². The third-order valence-electron chi connectivity index (χ3n) is 4.97. The molecule has 1 amide bonds. The Balaban J connectivity index is 2.57. The molecule has 0 spiro atoms.